The van der Waals surface area contributed by atoms with E-state index in [-0.39, 0.29) is 0 Å². The second kappa shape index (κ2) is 12.9. The van der Waals surface area contributed by atoms with Gasteiger partial charge >= 0.3 is 0 Å². The number of anilines is 4. The van der Waals surface area contributed by atoms with Crippen LogP contribution in [0, 0.1) is 0 Å². The minimum absolute atomic E-state index is 1.03. The minimum Gasteiger partial charge on any atom is -0.314 e. The summed E-state index contributed by atoms with van der Waals surface area (Å²) in [5.41, 5.74) is 21.6. The smallest absolute Gasteiger partial charge is 0.0458 e. The lowest BCUT2D eigenvalue weighted by molar-refractivity contribution is 0.863. The summed E-state index contributed by atoms with van der Waals surface area (Å²) in [4.78, 5) is 4.91. The minimum atomic E-state index is 1.03. The average Bonchev–Trinajstić information content (AvgIpc) is 3.77. The van der Waals surface area contributed by atoms with Gasteiger partial charge in [-0.2, -0.15) is 0 Å². The number of hydrogen-bond acceptors (Lipinski definition) is 2. The summed E-state index contributed by atoms with van der Waals surface area (Å²) in [7, 11) is 0. The van der Waals surface area contributed by atoms with Crippen molar-refractivity contribution in [3.63, 3.8) is 0 Å². The van der Waals surface area contributed by atoms with Crippen molar-refractivity contribution in [2.45, 2.75) is 38.5 Å². The molecule has 0 aromatic heterocycles. The van der Waals surface area contributed by atoms with Crippen molar-refractivity contribution in [3.05, 3.63) is 215 Å². The molecule has 0 aliphatic heterocycles. The van der Waals surface area contributed by atoms with Crippen LogP contribution in [-0.4, -0.2) is 0 Å². The third-order valence-electron chi connectivity index (χ3n) is 11.4. The third-order valence-corrected chi connectivity index (χ3v) is 11.4. The van der Waals surface area contributed by atoms with Crippen LogP contribution in [0.5, 0.6) is 0 Å². The lowest BCUT2D eigenvalue weighted by Gasteiger charge is -2.31. The standard InChI is InChI=1S/C50H40N2/c1-3-13-41(14-4-1)51(45-29-23-39-31-37-11-7-9-17-47(37)49(39)33-45)43-25-19-35(20-26-43)36-21-27-44(28-22-36)52(42-15-5-2-6-16-42)46-30-24-40-32-38-12-8-10-18-48(38)50(40)34-46/h1-22,25-28,33-34H,23-24,29-32H2. The highest BCUT2D eigenvalue weighted by Crippen LogP contribution is 2.45. The summed E-state index contributed by atoms with van der Waals surface area (Å²) in [6.45, 7) is 0. The van der Waals surface area contributed by atoms with Crippen molar-refractivity contribution in [2.75, 3.05) is 9.80 Å². The lowest BCUT2D eigenvalue weighted by atomic mass is 9.94. The molecular formula is C50H40N2. The zero-order valence-corrected chi connectivity index (χ0v) is 29.3. The number of allylic oxidation sites excluding steroid dienone is 8. The van der Waals surface area contributed by atoms with Crippen LogP contribution >= 0.6 is 0 Å². The summed E-state index contributed by atoms with van der Waals surface area (Å²) in [6.07, 6.45) is 11.3. The van der Waals surface area contributed by atoms with E-state index in [1.165, 1.54) is 78.7 Å². The highest BCUT2D eigenvalue weighted by Gasteiger charge is 2.28. The van der Waals surface area contributed by atoms with E-state index < -0.39 is 0 Å². The van der Waals surface area contributed by atoms with Crippen LogP contribution in [0.25, 0.3) is 22.3 Å². The molecule has 0 saturated heterocycles. The Hall–Kier alpha value is -6.12. The van der Waals surface area contributed by atoms with E-state index in [2.05, 4.69) is 180 Å². The second-order valence-electron chi connectivity index (χ2n) is 14.4. The molecule has 0 fully saturated rings. The molecule has 0 unspecified atom stereocenters. The highest BCUT2D eigenvalue weighted by molar-refractivity contribution is 5.88. The zero-order valence-electron chi connectivity index (χ0n) is 29.3. The maximum atomic E-state index is 2.46. The van der Waals surface area contributed by atoms with Crippen LogP contribution in [0.2, 0.25) is 0 Å². The van der Waals surface area contributed by atoms with Crippen molar-refractivity contribution in [3.8, 4) is 11.1 Å². The SMILES string of the molecule is C1=C(N(c2ccccc2)c2ccc(-c3ccc(N(C4=CC5=C(CC4)Cc4ccccc45)c4ccccc4)cc3)cc2)CCC2=C1c1ccccc1C2. The molecule has 0 saturated carbocycles. The van der Waals surface area contributed by atoms with Gasteiger partial charge in [0.15, 0.2) is 0 Å². The molecule has 6 aromatic rings. The maximum Gasteiger partial charge on any atom is 0.0458 e. The normalized spacial score (nSPS) is 15.7. The quantitative estimate of drug-likeness (QED) is 0.167. The number of rotatable bonds is 7. The predicted molar refractivity (Wildman–Crippen MR) is 218 cm³/mol. The van der Waals surface area contributed by atoms with Gasteiger partial charge in [-0.25, -0.2) is 0 Å². The van der Waals surface area contributed by atoms with E-state index in [4.69, 9.17) is 0 Å². The Morgan fingerprint density at radius 2 is 0.692 bits per heavy atom. The van der Waals surface area contributed by atoms with E-state index in [1.54, 1.807) is 11.1 Å². The topological polar surface area (TPSA) is 6.48 Å². The first-order chi connectivity index (χ1) is 25.8. The van der Waals surface area contributed by atoms with E-state index in [1.807, 2.05) is 0 Å². The van der Waals surface area contributed by atoms with Crippen LogP contribution in [0.4, 0.5) is 22.7 Å². The van der Waals surface area contributed by atoms with Gasteiger partial charge in [-0.3, -0.25) is 0 Å². The van der Waals surface area contributed by atoms with Gasteiger partial charge in [-0.05, 0) is 144 Å². The van der Waals surface area contributed by atoms with Gasteiger partial charge in [0.1, 0.15) is 0 Å². The first kappa shape index (κ1) is 30.7. The molecule has 2 nitrogen and oxygen atoms in total. The van der Waals surface area contributed by atoms with Crippen LogP contribution in [0.3, 0.4) is 0 Å². The Morgan fingerprint density at radius 3 is 1.12 bits per heavy atom. The lowest BCUT2D eigenvalue weighted by Crippen LogP contribution is -2.18. The van der Waals surface area contributed by atoms with Gasteiger partial charge in [0.2, 0.25) is 0 Å². The van der Waals surface area contributed by atoms with Gasteiger partial charge in [0.05, 0.1) is 0 Å². The molecule has 0 radical (unpaired) electrons. The first-order valence-corrected chi connectivity index (χ1v) is 18.7. The van der Waals surface area contributed by atoms with Gasteiger partial charge in [0, 0.05) is 34.1 Å². The molecule has 0 amide bonds. The maximum absolute atomic E-state index is 2.46. The van der Waals surface area contributed by atoms with E-state index in [0.717, 1.165) is 38.5 Å². The number of benzene rings is 6. The Balaban J connectivity index is 0.961. The Bertz CT molecular complexity index is 2250. The van der Waals surface area contributed by atoms with Crippen LogP contribution in [-0.2, 0) is 12.8 Å². The van der Waals surface area contributed by atoms with Gasteiger partial charge in [0.25, 0.3) is 0 Å². The van der Waals surface area contributed by atoms with Gasteiger partial charge in [-0.15, -0.1) is 0 Å². The predicted octanol–water partition coefficient (Wildman–Crippen LogP) is 13.0. The Labute approximate surface area is 307 Å². The summed E-state index contributed by atoms with van der Waals surface area (Å²) in [5.74, 6) is 0. The molecule has 52 heavy (non-hydrogen) atoms. The molecule has 10 rings (SSSR count). The van der Waals surface area contributed by atoms with Crippen molar-refractivity contribution in [2.24, 2.45) is 0 Å². The molecule has 2 heteroatoms. The van der Waals surface area contributed by atoms with Gasteiger partial charge in [-0.1, -0.05) is 120 Å². The molecule has 250 valence electrons. The monoisotopic (exact) mass is 668 g/mol. The fraction of sp³-hybridized carbons (Fsp3) is 0.120. The molecule has 0 atom stereocenters. The molecule has 6 aromatic carbocycles. The summed E-state index contributed by atoms with van der Waals surface area (Å²) in [5, 5.41) is 0. The molecule has 0 bridgehead atoms. The van der Waals surface area contributed by atoms with Crippen molar-refractivity contribution < 1.29 is 0 Å². The fourth-order valence-electron chi connectivity index (χ4n) is 8.82. The summed E-state index contributed by atoms with van der Waals surface area (Å²) in [6, 6.07) is 57.8. The largest absolute Gasteiger partial charge is 0.314 e. The first-order valence-electron chi connectivity index (χ1n) is 18.7. The molecule has 0 spiro atoms. The summed E-state index contributed by atoms with van der Waals surface area (Å²) < 4.78 is 0. The van der Waals surface area contributed by atoms with Crippen molar-refractivity contribution >= 4 is 33.9 Å². The Kier molecular flexibility index (Phi) is 7.61. The van der Waals surface area contributed by atoms with Crippen molar-refractivity contribution in [1.82, 2.24) is 0 Å². The van der Waals surface area contributed by atoms with Gasteiger partial charge < -0.3 is 9.80 Å². The molecule has 0 N–H and O–H groups in total. The van der Waals surface area contributed by atoms with Crippen LogP contribution in [0.15, 0.2) is 192 Å². The number of fused-ring (bicyclic) bond motifs is 4. The highest BCUT2D eigenvalue weighted by atomic mass is 15.2. The zero-order chi connectivity index (χ0) is 34.4. The second-order valence-corrected chi connectivity index (χ2v) is 14.4. The molecule has 0 heterocycles. The molecular weight excluding hydrogens is 629 g/mol. The molecule has 4 aliphatic rings. The van der Waals surface area contributed by atoms with E-state index in [0.29, 0.717) is 0 Å². The van der Waals surface area contributed by atoms with Crippen molar-refractivity contribution in [1.29, 1.82) is 0 Å². The fourth-order valence-corrected chi connectivity index (χ4v) is 8.82. The number of para-hydroxylation sites is 2. The van der Waals surface area contributed by atoms with E-state index >= 15 is 0 Å². The average molecular weight is 669 g/mol. The number of nitrogens with zero attached hydrogens (tertiary/aromatic N) is 2. The molecule has 4 aliphatic carbocycles. The van der Waals surface area contributed by atoms with Crippen LogP contribution < -0.4 is 9.80 Å². The third kappa shape index (κ3) is 5.43. The van der Waals surface area contributed by atoms with E-state index in [9.17, 15) is 0 Å². The number of hydrogen-bond donors (Lipinski definition) is 0. The van der Waals surface area contributed by atoms with Crippen LogP contribution in [0.1, 0.15) is 47.9 Å². The summed E-state index contributed by atoms with van der Waals surface area (Å²) >= 11 is 0. The Morgan fingerprint density at radius 1 is 0.327 bits per heavy atom.